The predicted octanol–water partition coefficient (Wildman–Crippen LogP) is 15.2. The number of anilines is 2. The molecule has 0 fully saturated rings. The lowest BCUT2D eigenvalue weighted by molar-refractivity contribution is 0.590. The molecule has 0 amide bonds. The van der Waals surface area contributed by atoms with Gasteiger partial charge in [0.15, 0.2) is 0 Å². The van der Waals surface area contributed by atoms with E-state index in [1.807, 2.05) is 11.3 Å². The van der Waals surface area contributed by atoms with Crippen LogP contribution in [0, 0.1) is 0 Å². The van der Waals surface area contributed by atoms with E-state index in [4.69, 9.17) is 9.40 Å². The van der Waals surface area contributed by atoms with Gasteiger partial charge in [-0.15, -0.1) is 22.7 Å². The zero-order valence-corrected chi connectivity index (χ0v) is 38.1. The molecule has 0 bridgehead atoms. The van der Waals surface area contributed by atoms with Crippen LogP contribution in [0.5, 0.6) is 0 Å². The van der Waals surface area contributed by atoms with E-state index >= 15 is 0 Å². The highest BCUT2D eigenvalue weighted by Gasteiger charge is 2.46. The quantitative estimate of drug-likeness (QED) is 0.162. The number of hydrogen-bond acceptors (Lipinski definition) is 5. The lowest BCUT2D eigenvalue weighted by Crippen LogP contribution is -2.60. The van der Waals surface area contributed by atoms with Crippen LogP contribution in [-0.4, -0.2) is 16.4 Å². The average Bonchev–Trinajstić information content (AvgIpc) is 4.07. The Kier molecular flexibility index (Phi) is 7.20. The van der Waals surface area contributed by atoms with Crippen LogP contribution in [0.3, 0.4) is 0 Å². The first-order chi connectivity index (χ1) is 31.0. The molecule has 12 aromatic rings. The lowest BCUT2D eigenvalue weighted by Gasteiger charge is -2.42. The number of fused-ring (bicyclic) bond motifs is 17. The van der Waals surface area contributed by atoms with Crippen LogP contribution < -0.4 is 15.7 Å². The Morgan fingerprint density at radius 2 is 1.31 bits per heavy atom. The minimum atomic E-state index is -0.157. The smallest absolute Gasteiger partial charge is 0.333 e. The van der Waals surface area contributed by atoms with Crippen molar-refractivity contribution in [2.45, 2.75) is 52.4 Å². The van der Waals surface area contributed by atoms with Crippen molar-refractivity contribution in [3.05, 3.63) is 157 Å². The van der Waals surface area contributed by atoms with Crippen molar-refractivity contribution in [2.75, 3.05) is 4.81 Å². The summed E-state index contributed by atoms with van der Waals surface area (Å²) >= 11 is 3.72. The molecule has 4 aromatic heterocycles. The highest BCUT2D eigenvalue weighted by Crippen LogP contribution is 2.54. The summed E-state index contributed by atoms with van der Waals surface area (Å²) in [7, 11) is 0. The maximum absolute atomic E-state index is 6.76. The zero-order valence-electron chi connectivity index (χ0n) is 36.5. The van der Waals surface area contributed by atoms with Crippen LogP contribution in [0.2, 0.25) is 0 Å². The molecule has 0 saturated heterocycles. The normalized spacial score (nSPS) is 13.7. The van der Waals surface area contributed by atoms with Gasteiger partial charge in [0.05, 0.1) is 21.3 Å². The van der Waals surface area contributed by atoms with E-state index < -0.39 is 0 Å². The fourth-order valence-corrected chi connectivity index (χ4v) is 13.3. The van der Waals surface area contributed by atoms with Crippen LogP contribution in [-0.2, 0) is 10.8 Å². The Morgan fingerprint density at radius 3 is 2.11 bits per heavy atom. The third kappa shape index (κ3) is 4.91. The summed E-state index contributed by atoms with van der Waals surface area (Å²) in [5, 5.41) is 8.60. The molecule has 0 saturated carbocycles. The number of thiazole rings is 1. The minimum Gasteiger partial charge on any atom is -0.456 e. The van der Waals surface area contributed by atoms with E-state index in [-0.39, 0.29) is 17.7 Å². The van der Waals surface area contributed by atoms with Gasteiger partial charge >= 0.3 is 6.85 Å². The van der Waals surface area contributed by atoms with Crippen LogP contribution in [0.25, 0.3) is 102 Å². The van der Waals surface area contributed by atoms with Gasteiger partial charge in [-0.1, -0.05) is 126 Å². The number of thiophene rings is 1. The first-order valence-electron chi connectivity index (χ1n) is 22.3. The van der Waals surface area contributed by atoms with Gasteiger partial charge in [-0.3, -0.25) is 0 Å². The third-order valence-electron chi connectivity index (χ3n) is 14.1. The largest absolute Gasteiger partial charge is 0.456 e. The van der Waals surface area contributed by atoms with Gasteiger partial charge in [0.1, 0.15) is 16.2 Å². The van der Waals surface area contributed by atoms with Gasteiger partial charge in [0, 0.05) is 75.5 Å². The molecule has 64 heavy (non-hydrogen) atoms. The van der Waals surface area contributed by atoms with Crippen molar-refractivity contribution in [2.24, 2.45) is 0 Å². The molecule has 8 aromatic carbocycles. The van der Waals surface area contributed by atoms with Gasteiger partial charge in [0.25, 0.3) is 0 Å². The Balaban J connectivity index is 1.21. The van der Waals surface area contributed by atoms with Crippen molar-refractivity contribution >= 4 is 126 Å². The number of para-hydroxylation sites is 1. The molecule has 14 rings (SSSR count). The highest BCUT2D eigenvalue weighted by molar-refractivity contribution is 7.27. The molecule has 0 unspecified atom stereocenters. The summed E-state index contributed by atoms with van der Waals surface area (Å²) in [6, 6.07) is 54.5. The fourth-order valence-electron chi connectivity index (χ4n) is 11.0. The number of furan rings is 1. The van der Waals surface area contributed by atoms with Gasteiger partial charge in [-0.05, 0) is 93.5 Å². The predicted molar refractivity (Wildman–Crippen MR) is 276 cm³/mol. The summed E-state index contributed by atoms with van der Waals surface area (Å²) < 4.78 is 13.2. The topological polar surface area (TPSA) is 34.2 Å². The number of benzene rings is 8. The molecular formula is C57H42BN3OS2. The average molecular weight is 860 g/mol. The van der Waals surface area contributed by atoms with E-state index in [0.717, 1.165) is 43.7 Å². The van der Waals surface area contributed by atoms with Gasteiger partial charge < -0.3 is 13.8 Å². The Labute approximate surface area is 379 Å². The summed E-state index contributed by atoms with van der Waals surface area (Å²) in [6.07, 6.45) is 0. The summed E-state index contributed by atoms with van der Waals surface area (Å²) in [4.78, 5) is 8.06. The maximum Gasteiger partial charge on any atom is 0.333 e. The monoisotopic (exact) mass is 859 g/mol. The Bertz CT molecular complexity index is 3990. The molecule has 0 radical (unpaired) electrons. The van der Waals surface area contributed by atoms with Gasteiger partial charge in [-0.2, -0.15) is 0 Å². The second-order valence-corrected chi connectivity index (χ2v) is 22.0. The molecular weight excluding hydrogens is 818 g/mol. The van der Waals surface area contributed by atoms with Crippen molar-refractivity contribution < 1.29 is 4.42 Å². The first-order valence-corrected chi connectivity index (χ1v) is 23.9. The van der Waals surface area contributed by atoms with Crippen LogP contribution in [0.15, 0.2) is 150 Å². The van der Waals surface area contributed by atoms with E-state index in [2.05, 4.69) is 197 Å². The molecule has 7 heteroatoms. The SMILES string of the molecule is CC(C)(C)c1ccc(N2B3c4cc5nc(-c6ccccc6)sc5cc4-n4c5ccc(C(C)(C)C)cc5c5c6c(sc7ccccc76)c(c3c54)-c3cc4oc5ccccc5c4cc32)cc1. The molecule has 6 heterocycles. The first kappa shape index (κ1) is 36.8. The van der Waals surface area contributed by atoms with Crippen LogP contribution in [0.1, 0.15) is 52.7 Å². The number of aromatic nitrogens is 2. The second-order valence-electron chi connectivity index (χ2n) is 19.9. The van der Waals surface area contributed by atoms with E-state index in [1.165, 1.54) is 91.2 Å². The number of hydrogen-bond donors (Lipinski definition) is 0. The van der Waals surface area contributed by atoms with E-state index in [1.54, 1.807) is 11.3 Å². The van der Waals surface area contributed by atoms with Crippen LogP contribution >= 0.6 is 22.7 Å². The lowest BCUT2D eigenvalue weighted by atomic mass is 9.44. The molecule has 4 nitrogen and oxygen atoms in total. The number of nitrogens with zero attached hydrogens (tertiary/aromatic N) is 3. The molecule has 2 aliphatic rings. The summed E-state index contributed by atoms with van der Waals surface area (Å²) in [6.45, 7) is 13.7. The molecule has 0 aliphatic carbocycles. The number of rotatable bonds is 2. The maximum atomic E-state index is 6.76. The van der Waals surface area contributed by atoms with Crippen molar-refractivity contribution in [3.8, 4) is 27.4 Å². The minimum absolute atomic E-state index is 0.0166. The molecule has 306 valence electrons. The molecule has 0 spiro atoms. The van der Waals surface area contributed by atoms with Crippen LogP contribution in [0.4, 0.5) is 11.4 Å². The zero-order chi connectivity index (χ0) is 43.0. The molecule has 0 N–H and O–H groups in total. The standard InChI is InChI=1S/C57H42BN3OS2/c1-56(2,3)32-20-23-34(24-21-32)61-43-27-37-35-16-10-12-18-45(35)62-46(37)28-39(43)51-52-53-49(50-36-17-11-13-19-47(36)63-54(50)51)38-26-33(57(4,5)6)22-25-42(38)60(53)44-30-48-41(29-40(44)58(52)61)59-55(64-48)31-14-8-7-9-15-31/h7-30H,1-6H3. The summed E-state index contributed by atoms with van der Waals surface area (Å²) in [5.41, 5.74) is 17.8. The van der Waals surface area contributed by atoms with Crippen molar-refractivity contribution in [1.29, 1.82) is 0 Å². The second kappa shape index (κ2) is 12.5. The van der Waals surface area contributed by atoms with Crippen molar-refractivity contribution in [1.82, 2.24) is 9.55 Å². The van der Waals surface area contributed by atoms with E-state index in [9.17, 15) is 0 Å². The van der Waals surface area contributed by atoms with E-state index in [0.29, 0.717) is 0 Å². The fraction of sp³-hybridized carbons (Fsp3) is 0.140. The molecule has 0 atom stereocenters. The van der Waals surface area contributed by atoms with Crippen molar-refractivity contribution in [3.63, 3.8) is 0 Å². The molecule has 2 aliphatic heterocycles. The van der Waals surface area contributed by atoms with Gasteiger partial charge in [0.2, 0.25) is 0 Å². The Morgan fingerprint density at radius 1 is 0.578 bits per heavy atom. The third-order valence-corrected chi connectivity index (χ3v) is 16.3. The highest BCUT2D eigenvalue weighted by atomic mass is 32.1. The van der Waals surface area contributed by atoms with Gasteiger partial charge in [-0.25, -0.2) is 4.98 Å². The Hall–Kier alpha value is -6.67. The summed E-state index contributed by atoms with van der Waals surface area (Å²) in [5.74, 6) is 0.